The summed E-state index contributed by atoms with van der Waals surface area (Å²) in [5, 5.41) is 9.09. The van der Waals surface area contributed by atoms with Crippen LogP contribution >= 0.6 is 0 Å². The van der Waals surface area contributed by atoms with Crippen LogP contribution in [0.3, 0.4) is 0 Å². The zero-order valence-electron chi connectivity index (χ0n) is 11.3. The molecule has 0 spiro atoms. The number of nitrogens with zero attached hydrogens (tertiary/aromatic N) is 1. The molecule has 1 unspecified atom stereocenters. The Balaban J connectivity index is 2.23. The summed E-state index contributed by atoms with van der Waals surface area (Å²) in [4.78, 5) is 11.1. The molecule has 8 heteroatoms. The van der Waals surface area contributed by atoms with Gasteiger partial charge in [0, 0.05) is 18.7 Å². The number of hydrogen-bond acceptors (Lipinski definition) is 3. The summed E-state index contributed by atoms with van der Waals surface area (Å²) in [6, 6.07) is 3.12. The number of benzene rings is 1. The van der Waals surface area contributed by atoms with Crippen LogP contribution in [0.4, 0.5) is 8.78 Å². The van der Waals surface area contributed by atoms with Gasteiger partial charge >= 0.3 is 5.97 Å². The minimum Gasteiger partial charge on any atom is -0.481 e. The van der Waals surface area contributed by atoms with E-state index in [-0.39, 0.29) is 19.5 Å². The fourth-order valence-corrected chi connectivity index (χ4v) is 3.95. The predicted octanol–water partition coefficient (Wildman–Crippen LogP) is 1.59. The Morgan fingerprint density at radius 3 is 2.43 bits per heavy atom. The number of carbonyl (C=O) groups is 1. The lowest BCUT2D eigenvalue weighted by atomic mass is 9.90. The molecular formula is C13H15F2NO4S. The largest absolute Gasteiger partial charge is 0.481 e. The van der Waals surface area contributed by atoms with Crippen LogP contribution in [0.2, 0.25) is 0 Å². The summed E-state index contributed by atoms with van der Waals surface area (Å²) in [5.74, 6) is -3.77. The quantitative estimate of drug-likeness (QED) is 0.914. The Labute approximate surface area is 121 Å². The van der Waals surface area contributed by atoms with Crippen LogP contribution in [0.5, 0.6) is 0 Å². The van der Waals surface area contributed by atoms with Crippen molar-refractivity contribution in [2.45, 2.75) is 19.1 Å². The van der Waals surface area contributed by atoms with Gasteiger partial charge in [-0.25, -0.2) is 21.5 Å². The zero-order valence-corrected chi connectivity index (χ0v) is 12.2. The van der Waals surface area contributed by atoms with E-state index < -0.39 is 44.4 Å². The lowest BCUT2D eigenvalue weighted by Crippen LogP contribution is -2.35. The minimum absolute atomic E-state index is 0.0290. The van der Waals surface area contributed by atoms with Gasteiger partial charge in [0.1, 0.15) is 11.6 Å². The van der Waals surface area contributed by atoms with Crippen molar-refractivity contribution < 1.29 is 27.1 Å². The molecule has 1 fully saturated rings. The highest BCUT2D eigenvalue weighted by molar-refractivity contribution is 7.88. The van der Waals surface area contributed by atoms with Crippen molar-refractivity contribution in [1.82, 2.24) is 4.31 Å². The van der Waals surface area contributed by atoms with Gasteiger partial charge in [0.05, 0.1) is 11.2 Å². The van der Waals surface area contributed by atoms with Crippen molar-refractivity contribution in [2.24, 2.45) is 5.41 Å². The number of halogens is 2. The monoisotopic (exact) mass is 319 g/mol. The van der Waals surface area contributed by atoms with Crippen LogP contribution in [-0.2, 0) is 20.6 Å². The first-order valence-electron chi connectivity index (χ1n) is 6.30. The molecule has 2 rings (SSSR count). The molecule has 1 saturated heterocycles. The molecule has 0 amide bonds. The minimum atomic E-state index is -3.97. The van der Waals surface area contributed by atoms with Crippen molar-refractivity contribution in [3.05, 3.63) is 35.4 Å². The fraction of sp³-hybridized carbons (Fsp3) is 0.462. The molecule has 1 aromatic carbocycles. The summed E-state index contributed by atoms with van der Waals surface area (Å²) >= 11 is 0. The Hall–Kier alpha value is -1.54. The smallest absolute Gasteiger partial charge is 0.310 e. The van der Waals surface area contributed by atoms with Gasteiger partial charge in [-0.3, -0.25) is 4.79 Å². The lowest BCUT2D eigenvalue weighted by Gasteiger charge is -2.20. The van der Waals surface area contributed by atoms with E-state index in [0.29, 0.717) is 0 Å². The van der Waals surface area contributed by atoms with Crippen molar-refractivity contribution >= 4 is 16.0 Å². The van der Waals surface area contributed by atoms with Crippen LogP contribution in [0.25, 0.3) is 0 Å². The molecule has 116 valence electrons. The third-order valence-electron chi connectivity index (χ3n) is 3.74. The van der Waals surface area contributed by atoms with Crippen LogP contribution < -0.4 is 0 Å². The summed E-state index contributed by atoms with van der Waals surface area (Å²) in [7, 11) is -3.97. The Morgan fingerprint density at radius 1 is 1.38 bits per heavy atom. The van der Waals surface area contributed by atoms with Crippen LogP contribution in [0, 0.1) is 17.0 Å². The molecule has 0 bridgehead atoms. The maximum atomic E-state index is 13.5. The molecule has 0 radical (unpaired) electrons. The molecule has 1 atom stereocenters. The van der Waals surface area contributed by atoms with E-state index in [4.69, 9.17) is 5.11 Å². The molecule has 0 aromatic heterocycles. The van der Waals surface area contributed by atoms with Crippen LogP contribution in [0.1, 0.15) is 18.9 Å². The number of aliphatic carboxylic acids is 1. The van der Waals surface area contributed by atoms with Crippen molar-refractivity contribution in [3.8, 4) is 0 Å². The SMILES string of the molecule is CC1(C(=O)O)CCN(S(=O)(=O)Cc2c(F)cccc2F)C1. The summed E-state index contributed by atoms with van der Waals surface area (Å²) < 4.78 is 52.5. The molecule has 1 heterocycles. The van der Waals surface area contributed by atoms with Crippen molar-refractivity contribution in [2.75, 3.05) is 13.1 Å². The van der Waals surface area contributed by atoms with Gasteiger partial charge in [-0.05, 0) is 25.5 Å². The van der Waals surface area contributed by atoms with Crippen molar-refractivity contribution in [1.29, 1.82) is 0 Å². The van der Waals surface area contributed by atoms with E-state index in [9.17, 15) is 22.0 Å². The molecule has 1 N–H and O–H groups in total. The number of carboxylic acid groups (broad SMARTS) is 1. The molecule has 0 aliphatic carbocycles. The van der Waals surface area contributed by atoms with Gasteiger partial charge in [0.2, 0.25) is 10.0 Å². The second kappa shape index (κ2) is 5.34. The third-order valence-corrected chi connectivity index (χ3v) is 5.49. The van der Waals surface area contributed by atoms with E-state index in [1.54, 1.807) is 0 Å². The van der Waals surface area contributed by atoms with E-state index in [2.05, 4.69) is 0 Å². The highest BCUT2D eigenvalue weighted by Gasteiger charge is 2.44. The summed E-state index contributed by atoms with van der Waals surface area (Å²) in [6.45, 7) is 1.29. The maximum Gasteiger partial charge on any atom is 0.310 e. The van der Waals surface area contributed by atoms with Gasteiger partial charge in [-0.15, -0.1) is 0 Å². The normalized spacial score (nSPS) is 23.4. The molecular weight excluding hydrogens is 304 g/mol. The third kappa shape index (κ3) is 3.06. The first-order valence-corrected chi connectivity index (χ1v) is 7.91. The van der Waals surface area contributed by atoms with E-state index in [1.165, 1.54) is 6.92 Å². The lowest BCUT2D eigenvalue weighted by molar-refractivity contribution is -0.146. The van der Waals surface area contributed by atoms with Gasteiger partial charge in [0.15, 0.2) is 0 Å². The number of hydrogen-bond donors (Lipinski definition) is 1. The average molecular weight is 319 g/mol. The highest BCUT2D eigenvalue weighted by atomic mass is 32.2. The first-order chi connectivity index (χ1) is 9.66. The molecule has 0 saturated carbocycles. The van der Waals surface area contributed by atoms with E-state index in [1.807, 2.05) is 0 Å². The number of sulfonamides is 1. The Morgan fingerprint density at radius 2 is 1.95 bits per heavy atom. The van der Waals surface area contributed by atoms with Crippen molar-refractivity contribution in [3.63, 3.8) is 0 Å². The maximum absolute atomic E-state index is 13.5. The summed E-state index contributed by atoms with van der Waals surface area (Å²) in [6.07, 6.45) is 0.168. The number of carboxylic acids is 1. The van der Waals surface area contributed by atoms with Crippen LogP contribution in [-0.4, -0.2) is 36.9 Å². The van der Waals surface area contributed by atoms with Gasteiger partial charge < -0.3 is 5.11 Å². The Kier molecular flexibility index (Phi) is 4.03. The second-order valence-electron chi connectivity index (χ2n) is 5.41. The van der Waals surface area contributed by atoms with E-state index >= 15 is 0 Å². The fourth-order valence-electron chi connectivity index (χ4n) is 2.27. The molecule has 1 aromatic rings. The number of rotatable bonds is 4. The predicted molar refractivity (Wildman–Crippen MR) is 70.9 cm³/mol. The highest BCUT2D eigenvalue weighted by Crippen LogP contribution is 2.33. The second-order valence-corrected chi connectivity index (χ2v) is 7.37. The zero-order chi connectivity index (χ0) is 15.8. The standard InChI is InChI=1S/C13H15F2NO4S/c1-13(12(17)18)5-6-16(8-13)21(19,20)7-9-10(14)3-2-4-11(9)15/h2-4H,5-8H2,1H3,(H,17,18). The van der Waals surface area contributed by atoms with Crippen LogP contribution in [0.15, 0.2) is 18.2 Å². The summed E-state index contributed by atoms with van der Waals surface area (Å²) in [5.41, 5.74) is -1.69. The van der Waals surface area contributed by atoms with Gasteiger partial charge in [0.25, 0.3) is 0 Å². The average Bonchev–Trinajstić information content (AvgIpc) is 2.79. The molecule has 1 aliphatic rings. The topological polar surface area (TPSA) is 74.7 Å². The van der Waals surface area contributed by atoms with Gasteiger partial charge in [-0.2, -0.15) is 0 Å². The van der Waals surface area contributed by atoms with Gasteiger partial charge in [-0.1, -0.05) is 6.07 Å². The van der Waals surface area contributed by atoms with E-state index in [0.717, 1.165) is 22.5 Å². The molecule has 5 nitrogen and oxygen atoms in total. The molecule has 21 heavy (non-hydrogen) atoms. The first kappa shape index (κ1) is 15.8. The Bertz CT molecular complexity index is 656. The molecule has 1 aliphatic heterocycles.